The lowest BCUT2D eigenvalue weighted by Gasteiger charge is -2.16. The summed E-state index contributed by atoms with van der Waals surface area (Å²) in [5.41, 5.74) is 3.40. The van der Waals surface area contributed by atoms with Gasteiger partial charge < -0.3 is 25.4 Å². The topological polar surface area (TPSA) is 71.6 Å². The molecular weight excluding hydrogens is 490 g/mol. The highest BCUT2D eigenvalue weighted by atomic mass is 35.5. The fourth-order valence-corrected chi connectivity index (χ4v) is 4.43. The average Bonchev–Trinajstić information content (AvgIpc) is 2.81. The van der Waals surface area contributed by atoms with Crippen molar-refractivity contribution in [2.75, 3.05) is 30.2 Å². The molecule has 3 aromatic rings. The third-order valence-corrected chi connectivity index (χ3v) is 6.41. The molecule has 1 unspecified atom stereocenters. The first-order valence-electron chi connectivity index (χ1n) is 10.4. The van der Waals surface area contributed by atoms with E-state index in [2.05, 4.69) is 16.0 Å². The molecule has 178 valence electrons. The van der Waals surface area contributed by atoms with Crippen LogP contribution in [-0.2, 0) is 4.79 Å². The van der Waals surface area contributed by atoms with Gasteiger partial charge in [-0.3, -0.25) is 4.79 Å². The van der Waals surface area contributed by atoms with Crippen molar-refractivity contribution >= 4 is 63.7 Å². The van der Waals surface area contributed by atoms with Crippen molar-refractivity contribution in [3.63, 3.8) is 0 Å². The number of thiocarbonyl (C=S) groups is 1. The van der Waals surface area contributed by atoms with Crippen LogP contribution in [0.4, 0.5) is 17.1 Å². The zero-order valence-corrected chi connectivity index (χ0v) is 21.7. The number of rotatable bonds is 8. The van der Waals surface area contributed by atoms with Crippen molar-refractivity contribution in [1.82, 2.24) is 0 Å². The number of hydrogen-bond donors (Lipinski definition) is 3. The van der Waals surface area contributed by atoms with Crippen molar-refractivity contribution in [1.29, 1.82) is 0 Å². The van der Waals surface area contributed by atoms with E-state index in [4.69, 9.17) is 33.3 Å². The van der Waals surface area contributed by atoms with Gasteiger partial charge in [0.2, 0.25) is 5.91 Å². The Morgan fingerprint density at radius 2 is 1.62 bits per heavy atom. The number of carbonyl (C=O) groups is 1. The Balaban J connectivity index is 1.61. The van der Waals surface area contributed by atoms with E-state index in [0.29, 0.717) is 27.3 Å². The number of anilines is 3. The highest BCUT2D eigenvalue weighted by molar-refractivity contribution is 8.00. The average molecular weight is 516 g/mol. The molecular formula is C25H26ClN3O3S2. The Kier molecular flexibility index (Phi) is 9.04. The number of thioether (sulfide) groups is 1. The van der Waals surface area contributed by atoms with Crippen LogP contribution in [0.1, 0.15) is 12.5 Å². The van der Waals surface area contributed by atoms with E-state index >= 15 is 0 Å². The zero-order valence-electron chi connectivity index (χ0n) is 19.3. The van der Waals surface area contributed by atoms with Crippen molar-refractivity contribution in [2.45, 2.75) is 24.0 Å². The van der Waals surface area contributed by atoms with E-state index in [9.17, 15) is 4.79 Å². The van der Waals surface area contributed by atoms with Crippen LogP contribution < -0.4 is 25.4 Å². The number of aryl methyl sites for hydroxylation is 1. The minimum atomic E-state index is -0.376. The van der Waals surface area contributed by atoms with Gasteiger partial charge in [0.05, 0.1) is 30.2 Å². The first-order valence-corrected chi connectivity index (χ1v) is 12.1. The van der Waals surface area contributed by atoms with Crippen LogP contribution in [0.3, 0.4) is 0 Å². The van der Waals surface area contributed by atoms with Crippen LogP contribution in [0.2, 0.25) is 5.02 Å². The Morgan fingerprint density at radius 3 is 2.29 bits per heavy atom. The van der Waals surface area contributed by atoms with Crippen LogP contribution in [0.15, 0.2) is 65.6 Å². The third kappa shape index (κ3) is 7.03. The minimum Gasteiger partial charge on any atom is -0.495 e. The second-order valence-corrected chi connectivity index (χ2v) is 9.64. The monoisotopic (exact) mass is 515 g/mol. The summed E-state index contributed by atoms with van der Waals surface area (Å²) in [5, 5.41) is 9.72. The molecule has 0 aliphatic carbocycles. The number of amides is 1. The molecule has 3 N–H and O–H groups in total. The van der Waals surface area contributed by atoms with Gasteiger partial charge in [-0.15, -0.1) is 11.8 Å². The van der Waals surface area contributed by atoms with E-state index < -0.39 is 0 Å². The van der Waals surface area contributed by atoms with Crippen molar-refractivity contribution in [3.8, 4) is 11.5 Å². The van der Waals surface area contributed by atoms with Crippen molar-refractivity contribution in [2.24, 2.45) is 0 Å². The third-order valence-electron chi connectivity index (χ3n) is 4.82. The van der Waals surface area contributed by atoms with Gasteiger partial charge in [-0.25, -0.2) is 0 Å². The van der Waals surface area contributed by atoms with Gasteiger partial charge in [-0.2, -0.15) is 0 Å². The maximum Gasteiger partial charge on any atom is 0.237 e. The number of halogens is 1. The number of methoxy groups -OCH3 is 2. The Morgan fingerprint density at radius 1 is 0.941 bits per heavy atom. The lowest BCUT2D eigenvalue weighted by atomic mass is 10.2. The van der Waals surface area contributed by atoms with Crippen LogP contribution in [0.25, 0.3) is 0 Å². The molecule has 1 amide bonds. The van der Waals surface area contributed by atoms with E-state index in [1.54, 1.807) is 12.1 Å². The second-order valence-electron chi connectivity index (χ2n) is 7.41. The molecule has 34 heavy (non-hydrogen) atoms. The van der Waals surface area contributed by atoms with Gasteiger partial charge in [-0.05, 0) is 62.5 Å². The number of hydrogen-bond acceptors (Lipinski definition) is 5. The molecule has 0 heterocycles. The molecule has 3 aromatic carbocycles. The molecule has 0 radical (unpaired) electrons. The predicted octanol–water partition coefficient (Wildman–Crippen LogP) is 6.59. The summed E-state index contributed by atoms with van der Waals surface area (Å²) >= 11 is 13.1. The number of benzene rings is 3. The fraction of sp³-hybridized carbons (Fsp3) is 0.200. The number of nitrogens with one attached hydrogen (secondary N) is 3. The molecule has 0 aliphatic heterocycles. The van der Waals surface area contributed by atoms with E-state index in [0.717, 1.165) is 16.3 Å². The van der Waals surface area contributed by atoms with Crippen molar-refractivity contribution < 1.29 is 14.3 Å². The van der Waals surface area contributed by atoms with E-state index in [1.165, 1.54) is 31.5 Å². The molecule has 0 fully saturated rings. The normalized spacial score (nSPS) is 11.3. The van der Waals surface area contributed by atoms with Crippen molar-refractivity contribution in [3.05, 3.63) is 71.2 Å². The standard InChI is InChI=1S/C25H26ClN3O3S2/c1-15-8-10-17(11-9-15)27-25(33)28-18-6-5-7-19(12-18)34-16(2)24(30)29-21-13-20(26)22(31-3)14-23(21)32-4/h5-14,16H,1-4H3,(H,29,30)(H2,27,28,33). The molecule has 0 aliphatic rings. The number of ether oxygens (including phenoxy) is 2. The molecule has 6 nitrogen and oxygen atoms in total. The first kappa shape index (κ1) is 25.7. The molecule has 0 saturated carbocycles. The summed E-state index contributed by atoms with van der Waals surface area (Å²) in [6, 6.07) is 19.0. The van der Waals surface area contributed by atoms with Gasteiger partial charge >= 0.3 is 0 Å². The van der Waals surface area contributed by atoms with Crippen LogP contribution >= 0.6 is 35.6 Å². The second kappa shape index (κ2) is 12.0. The summed E-state index contributed by atoms with van der Waals surface area (Å²) < 4.78 is 10.6. The zero-order chi connectivity index (χ0) is 24.7. The van der Waals surface area contributed by atoms with E-state index in [1.807, 2.05) is 62.4 Å². The summed E-state index contributed by atoms with van der Waals surface area (Å²) in [6.07, 6.45) is 0. The highest BCUT2D eigenvalue weighted by Gasteiger charge is 2.18. The molecule has 0 aromatic heterocycles. The molecule has 0 spiro atoms. The highest BCUT2D eigenvalue weighted by Crippen LogP contribution is 2.36. The fourth-order valence-electron chi connectivity index (χ4n) is 3.03. The maximum atomic E-state index is 12.8. The number of carbonyl (C=O) groups excluding carboxylic acids is 1. The van der Waals surface area contributed by atoms with Gasteiger partial charge in [0.15, 0.2) is 5.11 Å². The molecule has 1 atom stereocenters. The van der Waals surface area contributed by atoms with Crippen LogP contribution in [0, 0.1) is 6.92 Å². The molecule has 3 rings (SSSR count). The van der Waals surface area contributed by atoms with Gasteiger partial charge in [0.25, 0.3) is 0 Å². The first-order chi connectivity index (χ1) is 16.3. The molecule has 0 bridgehead atoms. The van der Waals surface area contributed by atoms with E-state index in [-0.39, 0.29) is 11.2 Å². The maximum absolute atomic E-state index is 12.8. The van der Waals surface area contributed by atoms with Gasteiger partial charge in [0.1, 0.15) is 11.5 Å². The Hall–Kier alpha value is -2.94. The lowest BCUT2D eigenvalue weighted by molar-refractivity contribution is -0.115. The van der Waals surface area contributed by atoms with Crippen LogP contribution in [-0.4, -0.2) is 30.5 Å². The lowest BCUT2D eigenvalue weighted by Crippen LogP contribution is -2.22. The summed E-state index contributed by atoms with van der Waals surface area (Å²) in [4.78, 5) is 13.8. The Bertz CT molecular complexity index is 1170. The van der Waals surface area contributed by atoms with Gasteiger partial charge in [-0.1, -0.05) is 35.4 Å². The summed E-state index contributed by atoms with van der Waals surface area (Å²) in [5.74, 6) is 0.755. The largest absolute Gasteiger partial charge is 0.495 e. The van der Waals surface area contributed by atoms with Gasteiger partial charge in [0, 0.05) is 22.3 Å². The smallest absolute Gasteiger partial charge is 0.237 e. The summed E-state index contributed by atoms with van der Waals surface area (Å²) in [6.45, 7) is 3.87. The van der Waals surface area contributed by atoms with Crippen LogP contribution in [0.5, 0.6) is 11.5 Å². The SMILES string of the molecule is COc1cc(OC)c(NC(=O)C(C)Sc2cccc(NC(=S)Nc3ccc(C)cc3)c2)cc1Cl. The quantitative estimate of drug-likeness (QED) is 0.231. The molecule has 0 saturated heterocycles. The minimum absolute atomic E-state index is 0.181. The predicted molar refractivity (Wildman–Crippen MR) is 146 cm³/mol. The summed E-state index contributed by atoms with van der Waals surface area (Å²) in [7, 11) is 3.04. The molecule has 9 heteroatoms. The Labute approximate surface area is 214 Å².